The van der Waals surface area contributed by atoms with Gasteiger partial charge in [0.15, 0.2) is 0 Å². The fraction of sp³-hybridized carbons (Fsp3) is 0.0638. The number of nitrogens with zero attached hydrogens (tertiary/aromatic N) is 1. The molecule has 236 valence electrons. The van der Waals surface area contributed by atoms with Crippen LogP contribution in [0.5, 0.6) is 0 Å². The molecule has 0 atom stereocenters. The van der Waals surface area contributed by atoms with Gasteiger partial charge in [0.2, 0.25) is 0 Å². The van der Waals surface area contributed by atoms with E-state index in [-0.39, 0.29) is 5.41 Å². The molecule has 0 saturated heterocycles. The summed E-state index contributed by atoms with van der Waals surface area (Å²) in [7, 11) is 0. The van der Waals surface area contributed by atoms with E-state index in [1.54, 1.807) is 0 Å². The zero-order valence-corrected chi connectivity index (χ0v) is 27.7. The standard InChI is InChI=1S/C47H31NO2/c1-47(2)39-17-9-7-13-33(39)34-23-21-31(26-40(34)47)48(30-20-19-28-11-3-4-12-29(28)25-30)32-22-24-38-42(27-32)50-46-43(38)35-14-5-6-15-36(35)45-44(46)37-16-8-10-18-41(37)49-45/h3-27H,1-2H3. The molecular weight excluding hydrogens is 611 g/mol. The molecule has 0 spiro atoms. The van der Waals surface area contributed by atoms with Crippen molar-refractivity contribution in [2.75, 3.05) is 4.90 Å². The minimum atomic E-state index is -0.112. The highest BCUT2D eigenvalue weighted by Gasteiger charge is 2.35. The average Bonchev–Trinajstić information content (AvgIpc) is 3.80. The van der Waals surface area contributed by atoms with E-state index < -0.39 is 0 Å². The van der Waals surface area contributed by atoms with E-state index in [0.717, 1.165) is 71.7 Å². The summed E-state index contributed by atoms with van der Waals surface area (Å²) in [6, 6.07) is 54.5. The van der Waals surface area contributed by atoms with Gasteiger partial charge in [-0.25, -0.2) is 0 Å². The maximum absolute atomic E-state index is 6.94. The van der Waals surface area contributed by atoms with E-state index in [9.17, 15) is 0 Å². The molecule has 0 amide bonds. The highest BCUT2D eigenvalue weighted by atomic mass is 16.3. The lowest BCUT2D eigenvalue weighted by Crippen LogP contribution is -2.16. The topological polar surface area (TPSA) is 29.5 Å². The summed E-state index contributed by atoms with van der Waals surface area (Å²) >= 11 is 0. The number of furan rings is 2. The van der Waals surface area contributed by atoms with Crippen LogP contribution < -0.4 is 4.90 Å². The molecular formula is C47H31NO2. The number of benzene rings is 8. The fourth-order valence-electron chi connectivity index (χ4n) is 8.62. The zero-order chi connectivity index (χ0) is 33.1. The third kappa shape index (κ3) is 3.69. The number of hydrogen-bond donors (Lipinski definition) is 0. The second-order valence-corrected chi connectivity index (χ2v) is 14.1. The first-order valence-corrected chi connectivity index (χ1v) is 17.3. The molecule has 0 unspecified atom stereocenters. The van der Waals surface area contributed by atoms with Crippen molar-refractivity contribution in [2.45, 2.75) is 19.3 Å². The first-order chi connectivity index (χ1) is 24.5. The summed E-state index contributed by atoms with van der Waals surface area (Å²) in [6.07, 6.45) is 0. The van der Waals surface area contributed by atoms with Gasteiger partial charge in [0.05, 0.1) is 5.39 Å². The summed E-state index contributed by atoms with van der Waals surface area (Å²) in [5.74, 6) is 0. The van der Waals surface area contributed by atoms with Crippen molar-refractivity contribution >= 4 is 82.5 Å². The number of fused-ring (bicyclic) bond motifs is 14. The Morgan fingerprint density at radius 2 is 1.04 bits per heavy atom. The molecule has 3 heteroatoms. The highest BCUT2D eigenvalue weighted by Crippen LogP contribution is 2.51. The Morgan fingerprint density at radius 1 is 0.420 bits per heavy atom. The highest BCUT2D eigenvalue weighted by molar-refractivity contribution is 6.33. The second kappa shape index (κ2) is 9.87. The molecule has 10 aromatic rings. The first-order valence-electron chi connectivity index (χ1n) is 17.3. The summed E-state index contributed by atoms with van der Waals surface area (Å²) in [5, 5.41) is 8.96. The summed E-state index contributed by atoms with van der Waals surface area (Å²) in [5.41, 5.74) is 11.9. The maximum atomic E-state index is 6.94. The van der Waals surface area contributed by atoms with E-state index in [1.807, 2.05) is 12.1 Å². The summed E-state index contributed by atoms with van der Waals surface area (Å²) in [4.78, 5) is 2.37. The summed E-state index contributed by atoms with van der Waals surface area (Å²) < 4.78 is 13.4. The molecule has 1 aliphatic carbocycles. The Labute approximate surface area is 288 Å². The van der Waals surface area contributed by atoms with Crippen molar-refractivity contribution in [1.82, 2.24) is 0 Å². The molecule has 8 aromatic carbocycles. The Morgan fingerprint density at radius 3 is 1.94 bits per heavy atom. The Kier molecular flexibility index (Phi) is 5.45. The Balaban J connectivity index is 1.18. The molecule has 0 fully saturated rings. The minimum Gasteiger partial charge on any atom is -0.455 e. The van der Waals surface area contributed by atoms with Crippen LogP contribution in [0.15, 0.2) is 160 Å². The molecule has 0 bridgehead atoms. The van der Waals surface area contributed by atoms with E-state index in [2.05, 4.69) is 158 Å². The van der Waals surface area contributed by atoms with Crippen LogP contribution >= 0.6 is 0 Å². The Bertz CT molecular complexity index is 3030. The molecule has 3 nitrogen and oxygen atoms in total. The monoisotopic (exact) mass is 641 g/mol. The molecule has 0 N–H and O–H groups in total. The lowest BCUT2D eigenvalue weighted by Gasteiger charge is -2.28. The van der Waals surface area contributed by atoms with Crippen LogP contribution in [0.3, 0.4) is 0 Å². The van der Waals surface area contributed by atoms with Gasteiger partial charge in [-0.1, -0.05) is 117 Å². The van der Waals surface area contributed by atoms with Gasteiger partial charge in [-0.05, 0) is 80.9 Å². The molecule has 0 saturated carbocycles. The van der Waals surface area contributed by atoms with Crippen molar-refractivity contribution in [3.8, 4) is 11.1 Å². The van der Waals surface area contributed by atoms with E-state index >= 15 is 0 Å². The molecule has 1 aliphatic rings. The molecule has 2 aromatic heterocycles. The van der Waals surface area contributed by atoms with Crippen LogP contribution in [-0.4, -0.2) is 0 Å². The van der Waals surface area contributed by atoms with E-state index in [0.29, 0.717) is 0 Å². The Hall–Kier alpha value is -6.32. The zero-order valence-electron chi connectivity index (χ0n) is 27.7. The smallest absolute Gasteiger partial charge is 0.147 e. The first kappa shape index (κ1) is 27.6. The molecule has 0 aliphatic heterocycles. The lowest BCUT2D eigenvalue weighted by molar-refractivity contribution is 0.660. The number of para-hydroxylation sites is 1. The normalized spacial score (nSPS) is 13.6. The average molecular weight is 642 g/mol. The minimum absolute atomic E-state index is 0.112. The quantitative estimate of drug-likeness (QED) is 0.192. The summed E-state index contributed by atoms with van der Waals surface area (Å²) in [6.45, 7) is 4.68. The van der Waals surface area contributed by atoms with Crippen molar-refractivity contribution < 1.29 is 8.83 Å². The molecule has 0 radical (unpaired) electrons. The van der Waals surface area contributed by atoms with Gasteiger partial charge in [-0.15, -0.1) is 0 Å². The lowest BCUT2D eigenvalue weighted by atomic mass is 9.82. The van der Waals surface area contributed by atoms with E-state index in [4.69, 9.17) is 8.83 Å². The predicted molar refractivity (Wildman–Crippen MR) is 208 cm³/mol. The van der Waals surface area contributed by atoms with Crippen LogP contribution in [0.1, 0.15) is 25.0 Å². The fourth-order valence-corrected chi connectivity index (χ4v) is 8.62. The second-order valence-electron chi connectivity index (χ2n) is 14.1. The molecule has 50 heavy (non-hydrogen) atoms. The van der Waals surface area contributed by atoms with Crippen LogP contribution in [-0.2, 0) is 5.41 Å². The van der Waals surface area contributed by atoms with Crippen molar-refractivity contribution in [2.24, 2.45) is 0 Å². The largest absolute Gasteiger partial charge is 0.455 e. The number of hydrogen-bond acceptors (Lipinski definition) is 3. The van der Waals surface area contributed by atoms with Gasteiger partial charge in [0.1, 0.15) is 22.3 Å². The van der Waals surface area contributed by atoms with E-state index in [1.165, 1.54) is 33.0 Å². The van der Waals surface area contributed by atoms with Gasteiger partial charge in [-0.3, -0.25) is 0 Å². The van der Waals surface area contributed by atoms with Gasteiger partial charge >= 0.3 is 0 Å². The molecule has 11 rings (SSSR count). The SMILES string of the molecule is CC1(C)c2ccccc2-c2ccc(N(c3ccc4ccccc4c3)c3ccc4c(c3)oc3c4c4ccccc4c4oc5ccccc5c43)cc21. The predicted octanol–water partition coefficient (Wildman–Crippen LogP) is 13.6. The van der Waals surface area contributed by atoms with Crippen LogP contribution in [0, 0.1) is 0 Å². The number of rotatable bonds is 3. The third-order valence-electron chi connectivity index (χ3n) is 11.0. The van der Waals surface area contributed by atoms with Gasteiger partial charge in [0.25, 0.3) is 0 Å². The van der Waals surface area contributed by atoms with Gasteiger partial charge in [-0.2, -0.15) is 0 Å². The van der Waals surface area contributed by atoms with Crippen molar-refractivity contribution in [3.63, 3.8) is 0 Å². The van der Waals surface area contributed by atoms with Crippen molar-refractivity contribution in [1.29, 1.82) is 0 Å². The van der Waals surface area contributed by atoms with Crippen LogP contribution in [0.2, 0.25) is 0 Å². The van der Waals surface area contributed by atoms with Crippen LogP contribution in [0.25, 0.3) is 76.5 Å². The van der Waals surface area contributed by atoms with Crippen LogP contribution in [0.4, 0.5) is 17.1 Å². The van der Waals surface area contributed by atoms with Gasteiger partial charge in [0, 0.05) is 50.1 Å². The van der Waals surface area contributed by atoms with Crippen molar-refractivity contribution in [3.05, 3.63) is 163 Å². The third-order valence-corrected chi connectivity index (χ3v) is 11.0. The van der Waals surface area contributed by atoms with Gasteiger partial charge < -0.3 is 13.7 Å². The maximum Gasteiger partial charge on any atom is 0.147 e. The number of anilines is 3. The molecule has 2 heterocycles.